The van der Waals surface area contributed by atoms with Gasteiger partial charge in [-0.25, -0.2) is 4.68 Å². The van der Waals surface area contributed by atoms with Gasteiger partial charge >= 0.3 is 0 Å². The van der Waals surface area contributed by atoms with Crippen molar-refractivity contribution in [3.8, 4) is 0 Å². The third-order valence-corrected chi connectivity index (χ3v) is 8.39. The number of amides is 1. The van der Waals surface area contributed by atoms with Crippen molar-refractivity contribution in [3.63, 3.8) is 0 Å². The van der Waals surface area contributed by atoms with E-state index in [9.17, 15) is 4.79 Å². The smallest absolute Gasteiger partial charge is 0.253 e. The highest BCUT2D eigenvalue weighted by Crippen LogP contribution is 2.32. The first-order chi connectivity index (χ1) is 20.7. The number of benzene rings is 2. The highest BCUT2D eigenvalue weighted by molar-refractivity contribution is 6.01. The van der Waals surface area contributed by atoms with Crippen LogP contribution in [-0.2, 0) is 11.3 Å². The van der Waals surface area contributed by atoms with Gasteiger partial charge in [0, 0.05) is 36.5 Å². The van der Waals surface area contributed by atoms with E-state index < -0.39 is 0 Å². The average Bonchev–Trinajstić information content (AvgIpc) is 3.55. The van der Waals surface area contributed by atoms with Crippen LogP contribution in [0.1, 0.15) is 78.5 Å². The normalized spacial score (nSPS) is 19.5. The zero-order chi connectivity index (χ0) is 28.3. The van der Waals surface area contributed by atoms with E-state index >= 15 is 0 Å². The summed E-state index contributed by atoms with van der Waals surface area (Å²) in [5.74, 6) is -0.0348. The Labute approximate surface area is 246 Å². The van der Waals surface area contributed by atoms with E-state index in [2.05, 4.69) is 45.9 Å². The maximum atomic E-state index is 12.9. The van der Waals surface area contributed by atoms with Crippen LogP contribution in [0.15, 0.2) is 60.8 Å². The summed E-state index contributed by atoms with van der Waals surface area (Å²) in [6, 6.07) is 18.5. The summed E-state index contributed by atoms with van der Waals surface area (Å²) in [5.41, 5.74) is 6.39. The van der Waals surface area contributed by atoms with Gasteiger partial charge in [-0.3, -0.25) is 14.7 Å². The number of carbonyl (C=O) groups excluding carboxylic acids is 1. The fourth-order valence-electron chi connectivity index (χ4n) is 5.93. The summed E-state index contributed by atoms with van der Waals surface area (Å²) in [7, 11) is 0. The predicted octanol–water partition coefficient (Wildman–Crippen LogP) is 6.53. The average molecular weight is 563 g/mol. The summed E-state index contributed by atoms with van der Waals surface area (Å²) in [6.45, 7) is 4.08. The fraction of sp³-hybridized carbons (Fsp3) is 0.382. The number of carbonyl (C=O) groups is 1. The van der Waals surface area contributed by atoms with E-state index in [4.69, 9.17) is 14.8 Å². The van der Waals surface area contributed by atoms with Crippen molar-refractivity contribution < 1.29 is 9.53 Å². The molecule has 1 amide bonds. The summed E-state index contributed by atoms with van der Waals surface area (Å²) in [5, 5.41) is 12.7. The van der Waals surface area contributed by atoms with Gasteiger partial charge in [0.15, 0.2) is 6.23 Å². The zero-order valence-electron chi connectivity index (χ0n) is 24.0. The molecule has 2 aromatic heterocycles. The Kier molecular flexibility index (Phi) is 7.72. The molecular formula is C34H38N6O2. The number of rotatable bonds is 9. The molecule has 3 fully saturated rings. The molecule has 0 spiro atoms. The largest absolute Gasteiger partial charge is 0.356 e. The predicted molar refractivity (Wildman–Crippen MR) is 166 cm³/mol. The standard InChI is InChI=1S/C34H38N6O2/c41-34(37-26-12-13-26)29-7-1-2-8-30(29)36-27-14-16-28-31(38-40(32(28)21-27)33-9-3-6-20-42-33)17-15-25-11-10-24(22-35-25)23-39-18-4-5-19-39/h1-2,7-8,10-11,14-17,21-22,26,33,36H,3-6,9,12-13,18-20,23H2,(H,37,41)/b17-15+. The molecule has 2 saturated heterocycles. The van der Waals surface area contributed by atoms with E-state index in [0.29, 0.717) is 11.6 Å². The van der Waals surface area contributed by atoms with Crippen molar-refractivity contribution in [2.45, 2.75) is 63.8 Å². The van der Waals surface area contributed by atoms with Gasteiger partial charge in [-0.2, -0.15) is 5.10 Å². The molecule has 2 aromatic carbocycles. The highest BCUT2D eigenvalue weighted by Gasteiger charge is 2.25. The number of fused-ring (bicyclic) bond motifs is 1. The van der Waals surface area contributed by atoms with Gasteiger partial charge < -0.3 is 15.4 Å². The fourth-order valence-corrected chi connectivity index (χ4v) is 5.93. The number of ether oxygens (including phenoxy) is 1. The van der Waals surface area contributed by atoms with Crippen LogP contribution in [0.25, 0.3) is 23.1 Å². The quantitative estimate of drug-likeness (QED) is 0.241. The number of pyridine rings is 1. The molecule has 1 unspecified atom stereocenters. The number of para-hydroxylation sites is 1. The molecule has 216 valence electrons. The van der Waals surface area contributed by atoms with Crippen LogP contribution in [0, 0.1) is 0 Å². The number of nitrogens with zero attached hydrogens (tertiary/aromatic N) is 4. The molecule has 3 aliphatic rings. The minimum absolute atomic E-state index is 0.0348. The summed E-state index contributed by atoms with van der Waals surface area (Å²) in [6.07, 6.45) is 13.8. The van der Waals surface area contributed by atoms with E-state index in [1.54, 1.807) is 0 Å². The first-order valence-electron chi connectivity index (χ1n) is 15.4. The minimum atomic E-state index is -0.0988. The van der Waals surface area contributed by atoms with Gasteiger partial charge in [0.2, 0.25) is 0 Å². The van der Waals surface area contributed by atoms with Gasteiger partial charge in [-0.05, 0) is 112 Å². The molecule has 2 aliphatic heterocycles. The molecule has 8 nitrogen and oxygen atoms in total. The molecule has 1 saturated carbocycles. The molecule has 2 N–H and O–H groups in total. The van der Waals surface area contributed by atoms with Crippen LogP contribution >= 0.6 is 0 Å². The second kappa shape index (κ2) is 12.1. The Morgan fingerprint density at radius 1 is 0.976 bits per heavy atom. The third-order valence-electron chi connectivity index (χ3n) is 8.39. The van der Waals surface area contributed by atoms with Crippen LogP contribution in [0.2, 0.25) is 0 Å². The van der Waals surface area contributed by atoms with Crippen molar-refractivity contribution in [1.82, 2.24) is 25.0 Å². The molecule has 42 heavy (non-hydrogen) atoms. The van der Waals surface area contributed by atoms with Crippen molar-refractivity contribution in [2.75, 3.05) is 25.0 Å². The van der Waals surface area contributed by atoms with Crippen LogP contribution in [-0.4, -0.2) is 51.3 Å². The van der Waals surface area contributed by atoms with Gasteiger partial charge in [-0.15, -0.1) is 0 Å². The zero-order valence-corrected chi connectivity index (χ0v) is 24.0. The van der Waals surface area contributed by atoms with E-state index in [0.717, 1.165) is 78.9 Å². The van der Waals surface area contributed by atoms with Gasteiger partial charge in [0.1, 0.15) is 0 Å². The lowest BCUT2D eigenvalue weighted by Gasteiger charge is -2.23. The number of hydrogen-bond acceptors (Lipinski definition) is 6. The molecule has 7 rings (SSSR count). The molecule has 0 radical (unpaired) electrons. The Hall–Kier alpha value is -4.01. The summed E-state index contributed by atoms with van der Waals surface area (Å²) in [4.78, 5) is 20.1. The first-order valence-corrected chi connectivity index (χ1v) is 15.4. The van der Waals surface area contributed by atoms with Crippen molar-refractivity contribution in [3.05, 3.63) is 83.3 Å². The van der Waals surface area contributed by atoms with E-state index in [1.165, 1.54) is 31.5 Å². The molecule has 1 aliphatic carbocycles. The van der Waals surface area contributed by atoms with Gasteiger partial charge in [0.25, 0.3) is 5.91 Å². The Balaban J connectivity index is 1.15. The monoisotopic (exact) mass is 562 g/mol. The molecule has 4 heterocycles. The van der Waals surface area contributed by atoms with Crippen molar-refractivity contribution in [2.24, 2.45) is 0 Å². The van der Waals surface area contributed by atoms with Crippen LogP contribution in [0.3, 0.4) is 0 Å². The van der Waals surface area contributed by atoms with E-state index in [-0.39, 0.29) is 12.1 Å². The Morgan fingerprint density at radius 2 is 1.86 bits per heavy atom. The minimum Gasteiger partial charge on any atom is -0.356 e. The maximum absolute atomic E-state index is 12.9. The first kappa shape index (κ1) is 26.9. The lowest BCUT2D eigenvalue weighted by molar-refractivity contribution is -0.0367. The summed E-state index contributed by atoms with van der Waals surface area (Å²) >= 11 is 0. The van der Waals surface area contributed by atoms with Crippen molar-refractivity contribution >= 4 is 40.3 Å². The Bertz CT molecular complexity index is 1580. The topological polar surface area (TPSA) is 84.3 Å². The number of aromatic nitrogens is 3. The number of anilines is 2. The second-order valence-corrected chi connectivity index (χ2v) is 11.7. The van der Waals surface area contributed by atoms with Crippen LogP contribution in [0.5, 0.6) is 0 Å². The number of hydrogen-bond donors (Lipinski definition) is 2. The summed E-state index contributed by atoms with van der Waals surface area (Å²) < 4.78 is 8.18. The molecule has 0 bridgehead atoms. The Morgan fingerprint density at radius 3 is 2.64 bits per heavy atom. The molecule has 4 aromatic rings. The lowest BCUT2D eigenvalue weighted by atomic mass is 10.1. The molecular weight excluding hydrogens is 524 g/mol. The van der Waals surface area contributed by atoms with Crippen molar-refractivity contribution in [1.29, 1.82) is 0 Å². The van der Waals surface area contributed by atoms with E-state index in [1.807, 2.05) is 47.3 Å². The number of nitrogens with one attached hydrogen (secondary N) is 2. The second-order valence-electron chi connectivity index (χ2n) is 11.7. The van der Waals surface area contributed by atoms with Crippen LogP contribution < -0.4 is 10.6 Å². The number of likely N-dealkylation sites (tertiary alicyclic amines) is 1. The lowest BCUT2D eigenvalue weighted by Crippen LogP contribution is -2.26. The molecule has 1 atom stereocenters. The molecule has 8 heteroatoms. The van der Waals surface area contributed by atoms with Gasteiger partial charge in [-0.1, -0.05) is 18.2 Å². The third kappa shape index (κ3) is 6.10. The van der Waals surface area contributed by atoms with Crippen LogP contribution in [0.4, 0.5) is 11.4 Å². The highest BCUT2D eigenvalue weighted by atomic mass is 16.5. The maximum Gasteiger partial charge on any atom is 0.253 e. The van der Waals surface area contributed by atoms with Gasteiger partial charge in [0.05, 0.1) is 28.2 Å². The SMILES string of the molecule is O=C(NC1CC1)c1ccccc1Nc1ccc2c(/C=C/c3ccc(CN4CCCC4)cn3)nn(C3CCCCO3)c2c1.